The number of para-hydroxylation sites is 1. The molecular formula is C20H22BF3N2O3. The molecule has 0 atom stereocenters. The maximum atomic E-state index is 13.4. The standard InChI is InChI=1S/C20H22BF3N2O3/c1-18(2)19(3,4)29-21(28-18)13-9-11-14(12-10-13)26(17(25)27)16-8-6-5-7-15(16)20(22,23)24/h5-12H,1-4H3,(H2,25,27). The monoisotopic (exact) mass is 406 g/mol. The van der Waals surface area contributed by atoms with Crippen molar-refractivity contribution in [2.45, 2.75) is 45.1 Å². The SMILES string of the molecule is CC1(C)OB(c2ccc(N(C(N)=O)c3ccccc3C(F)(F)F)cc2)OC1(C)C. The van der Waals surface area contributed by atoms with Crippen LogP contribution in [-0.4, -0.2) is 24.4 Å². The van der Waals surface area contributed by atoms with E-state index in [0.717, 1.165) is 11.0 Å². The van der Waals surface area contributed by atoms with Crippen molar-refractivity contribution in [2.75, 3.05) is 4.90 Å². The molecule has 2 amide bonds. The van der Waals surface area contributed by atoms with Crippen LogP contribution >= 0.6 is 0 Å². The third kappa shape index (κ3) is 3.97. The van der Waals surface area contributed by atoms with E-state index in [1.807, 2.05) is 27.7 Å². The number of nitrogens with zero attached hydrogens (tertiary/aromatic N) is 1. The second kappa shape index (κ2) is 7.07. The minimum absolute atomic E-state index is 0.203. The number of carbonyl (C=O) groups is 1. The van der Waals surface area contributed by atoms with Crippen molar-refractivity contribution in [3.8, 4) is 0 Å². The van der Waals surface area contributed by atoms with Crippen LogP contribution in [0.1, 0.15) is 33.3 Å². The molecule has 5 nitrogen and oxygen atoms in total. The van der Waals surface area contributed by atoms with Gasteiger partial charge in [0.25, 0.3) is 0 Å². The molecule has 0 aliphatic carbocycles. The number of halogens is 3. The topological polar surface area (TPSA) is 64.8 Å². The summed E-state index contributed by atoms with van der Waals surface area (Å²) in [5, 5.41) is 0. The second-order valence-electron chi connectivity index (χ2n) is 7.87. The van der Waals surface area contributed by atoms with Crippen LogP contribution < -0.4 is 16.1 Å². The van der Waals surface area contributed by atoms with Crippen LogP contribution in [0.2, 0.25) is 0 Å². The van der Waals surface area contributed by atoms with Gasteiger partial charge in [-0.25, -0.2) is 4.79 Å². The lowest BCUT2D eigenvalue weighted by Crippen LogP contribution is -2.41. The van der Waals surface area contributed by atoms with Gasteiger partial charge in [-0.3, -0.25) is 4.90 Å². The molecule has 0 aromatic heterocycles. The predicted octanol–water partition coefficient (Wildman–Crippen LogP) is 4.22. The van der Waals surface area contributed by atoms with Gasteiger partial charge >= 0.3 is 19.3 Å². The molecule has 0 radical (unpaired) electrons. The Labute approximate surface area is 167 Å². The van der Waals surface area contributed by atoms with E-state index in [-0.39, 0.29) is 11.4 Å². The van der Waals surface area contributed by atoms with Crippen molar-refractivity contribution in [2.24, 2.45) is 5.73 Å². The number of alkyl halides is 3. The summed E-state index contributed by atoms with van der Waals surface area (Å²) in [6, 6.07) is 10.1. The summed E-state index contributed by atoms with van der Waals surface area (Å²) in [7, 11) is -0.626. The number of hydrogen-bond donors (Lipinski definition) is 1. The highest BCUT2D eigenvalue weighted by molar-refractivity contribution is 6.62. The van der Waals surface area contributed by atoms with E-state index in [0.29, 0.717) is 5.46 Å². The molecule has 3 rings (SSSR count). The highest BCUT2D eigenvalue weighted by Gasteiger charge is 2.51. The summed E-state index contributed by atoms with van der Waals surface area (Å²) in [6.07, 6.45) is -4.63. The molecule has 0 bridgehead atoms. The summed E-state index contributed by atoms with van der Waals surface area (Å²) in [5.41, 5.74) is 3.96. The number of hydrogen-bond acceptors (Lipinski definition) is 3. The number of rotatable bonds is 3. The summed E-state index contributed by atoms with van der Waals surface area (Å²) >= 11 is 0. The Morgan fingerprint density at radius 2 is 1.48 bits per heavy atom. The van der Waals surface area contributed by atoms with Gasteiger partial charge in [-0.15, -0.1) is 0 Å². The molecule has 154 valence electrons. The van der Waals surface area contributed by atoms with E-state index < -0.39 is 36.1 Å². The summed E-state index contributed by atoms with van der Waals surface area (Å²) in [5.74, 6) is 0. The lowest BCUT2D eigenvalue weighted by Gasteiger charge is -2.32. The van der Waals surface area contributed by atoms with E-state index in [9.17, 15) is 18.0 Å². The Kier molecular flexibility index (Phi) is 5.17. The summed E-state index contributed by atoms with van der Waals surface area (Å²) < 4.78 is 52.1. The highest BCUT2D eigenvalue weighted by atomic mass is 19.4. The van der Waals surface area contributed by atoms with Gasteiger partial charge < -0.3 is 15.0 Å². The molecular weight excluding hydrogens is 384 g/mol. The number of carbonyl (C=O) groups excluding carboxylic acids is 1. The van der Waals surface area contributed by atoms with Crippen LogP contribution in [-0.2, 0) is 15.5 Å². The van der Waals surface area contributed by atoms with Gasteiger partial charge in [-0.2, -0.15) is 13.2 Å². The van der Waals surface area contributed by atoms with Gasteiger partial charge in [0.05, 0.1) is 28.1 Å². The fraction of sp³-hybridized carbons (Fsp3) is 0.350. The normalized spacial score (nSPS) is 18.0. The van der Waals surface area contributed by atoms with E-state index in [4.69, 9.17) is 15.0 Å². The van der Waals surface area contributed by atoms with Crippen LogP contribution in [0.25, 0.3) is 0 Å². The molecule has 0 unspecified atom stereocenters. The summed E-state index contributed by atoms with van der Waals surface area (Å²) in [6.45, 7) is 7.68. The van der Waals surface area contributed by atoms with Crippen LogP contribution in [0.3, 0.4) is 0 Å². The maximum absolute atomic E-state index is 13.4. The quantitative estimate of drug-likeness (QED) is 0.777. The minimum Gasteiger partial charge on any atom is -0.399 e. The number of nitrogens with two attached hydrogens (primary N) is 1. The molecule has 2 aromatic carbocycles. The molecule has 9 heteroatoms. The first-order chi connectivity index (χ1) is 13.3. The van der Waals surface area contributed by atoms with Crippen LogP contribution in [0.4, 0.5) is 29.3 Å². The van der Waals surface area contributed by atoms with Crippen LogP contribution in [0.15, 0.2) is 48.5 Å². The third-order valence-electron chi connectivity index (χ3n) is 5.35. The van der Waals surface area contributed by atoms with Gasteiger partial charge in [0.1, 0.15) is 0 Å². The smallest absolute Gasteiger partial charge is 0.399 e. The highest BCUT2D eigenvalue weighted by Crippen LogP contribution is 2.39. The van der Waals surface area contributed by atoms with E-state index >= 15 is 0 Å². The fourth-order valence-corrected chi connectivity index (χ4v) is 3.05. The molecule has 1 aliphatic rings. The Morgan fingerprint density at radius 3 is 1.97 bits per heavy atom. The lowest BCUT2D eigenvalue weighted by molar-refractivity contribution is -0.137. The zero-order valence-corrected chi connectivity index (χ0v) is 16.6. The number of urea groups is 1. The molecule has 1 saturated heterocycles. The predicted molar refractivity (Wildman–Crippen MR) is 105 cm³/mol. The van der Waals surface area contributed by atoms with Crippen molar-refractivity contribution in [1.29, 1.82) is 0 Å². The van der Waals surface area contributed by atoms with Gasteiger partial charge in [-0.1, -0.05) is 24.3 Å². The average molecular weight is 406 g/mol. The zero-order valence-electron chi connectivity index (χ0n) is 16.6. The Morgan fingerprint density at radius 1 is 0.966 bits per heavy atom. The molecule has 1 aliphatic heterocycles. The van der Waals surface area contributed by atoms with Gasteiger partial charge in [0.15, 0.2) is 0 Å². The maximum Gasteiger partial charge on any atom is 0.494 e. The zero-order chi connectivity index (χ0) is 21.6. The first kappa shape index (κ1) is 21.2. The van der Waals surface area contributed by atoms with E-state index in [1.165, 1.54) is 30.3 Å². The Hall–Kier alpha value is -2.52. The molecule has 1 fully saturated rings. The van der Waals surface area contributed by atoms with Crippen molar-refractivity contribution >= 4 is 30.0 Å². The number of amides is 2. The lowest BCUT2D eigenvalue weighted by atomic mass is 9.79. The van der Waals surface area contributed by atoms with Gasteiger partial charge in [0.2, 0.25) is 0 Å². The number of primary amides is 1. The van der Waals surface area contributed by atoms with Crippen LogP contribution in [0.5, 0.6) is 0 Å². The van der Waals surface area contributed by atoms with Gasteiger partial charge in [0, 0.05) is 0 Å². The molecule has 29 heavy (non-hydrogen) atoms. The number of benzene rings is 2. The molecule has 0 saturated carbocycles. The minimum atomic E-state index is -4.63. The van der Waals surface area contributed by atoms with Crippen LogP contribution in [0, 0.1) is 0 Å². The molecule has 2 aromatic rings. The third-order valence-corrected chi connectivity index (χ3v) is 5.35. The Balaban J connectivity index is 1.95. The van der Waals surface area contributed by atoms with E-state index in [1.54, 1.807) is 12.1 Å². The Bertz CT molecular complexity index is 898. The van der Waals surface area contributed by atoms with Crippen molar-refractivity contribution < 1.29 is 27.3 Å². The molecule has 1 heterocycles. The van der Waals surface area contributed by atoms with Crippen molar-refractivity contribution in [3.05, 3.63) is 54.1 Å². The van der Waals surface area contributed by atoms with E-state index in [2.05, 4.69) is 0 Å². The fourth-order valence-electron chi connectivity index (χ4n) is 3.05. The largest absolute Gasteiger partial charge is 0.494 e. The van der Waals surface area contributed by atoms with Crippen molar-refractivity contribution in [1.82, 2.24) is 0 Å². The average Bonchev–Trinajstić information content (AvgIpc) is 2.82. The van der Waals surface area contributed by atoms with Crippen molar-refractivity contribution in [3.63, 3.8) is 0 Å². The first-order valence-electron chi connectivity index (χ1n) is 9.05. The number of anilines is 2. The first-order valence-corrected chi connectivity index (χ1v) is 9.05. The summed E-state index contributed by atoms with van der Waals surface area (Å²) in [4.78, 5) is 12.9. The molecule has 0 spiro atoms. The molecule has 2 N–H and O–H groups in total. The van der Waals surface area contributed by atoms with Gasteiger partial charge in [-0.05, 0) is 57.4 Å². The second-order valence-corrected chi connectivity index (χ2v) is 7.87.